The number of aromatic nitrogens is 1. The Labute approximate surface area is 181 Å². The Morgan fingerprint density at radius 1 is 1.19 bits per heavy atom. The topological polar surface area (TPSA) is 98.8 Å². The summed E-state index contributed by atoms with van der Waals surface area (Å²) >= 11 is 6.06. The fraction of sp³-hybridized carbons (Fsp3) is 0.136. The van der Waals surface area contributed by atoms with E-state index in [0.717, 1.165) is 0 Å². The number of carbonyl (C=O) groups is 1. The maximum absolute atomic E-state index is 14.7. The van der Waals surface area contributed by atoms with Crippen LogP contribution in [-0.2, 0) is 10.3 Å². The summed E-state index contributed by atoms with van der Waals surface area (Å²) in [6.45, 7) is 0.399. The number of nitrogens with one attached hydrogen (secondary N) is 1. The van der Waals surface area contributed by atoms with Crippen molar-refractivity contribution in [2.45, 2.75) is 12.0 Å². The van der Waals surface area contributed by atoms with Gasteiger partial charge in [0.1, 0.15) is 10.9 Å². The van der Waals surface area contributed by atoms with Crippen LogP contribution >= 0.6 is 11.6 Å². The number of ether oxygens (including phenoxy) is 2. The van der Waals surface area contributed by atoms with Gasteiger partial charge in [-0.05, 0) is 36.4 Å². The van der Waals surface area contributed by atoms with E-state index in [1.807, 2.05) is 0 Å². The van der Waals surface area contributed by atoms with Crippen LogP contribution in [0.4, 0.5) is 10.1 Å². The van der Waals surface area contributed by atoms with Crippen molar-refractivity contribution in [2.75, 3.05) is 12.3 Å². The summed E-state index contributed by atoms with van der Waals surface area (Å²) < 4.78 is 26.7. The predicted octanol–water partition coefficient (Wildman–Crippen LogP) is 4.01. The van der Waals surface area contributed by atoms with E-state index in [2.05, 4.69) is 15.3 Å². The lowest BCUT2D eigenvalue weighted by molar-refractivity contribution is 0.0496. The second kappa shape index (κ2) is 7.24. The summed E-state index contributed by atoms with van der Waals surface area (Å²) in [7, 11) is 0. The smallest absolute Gasteiger partial charge is 0.294 e. The number of pyridine rings is 1. The van der Waals surface area contributed by atoms with Crippen molar-refractivity contribution >= 4 is 29.2 Å². The van der Waals surface area contributed by atoms with Gasteiger partial charge in [0.05, 0.1) is 5.56 Å². The SMILES string of the molecule is Nc1ccc2c(c1)[C@@]1(CCN/C(=N/C(=O)c3ccccc3)O1)c1cc(Cl)nc(F)c1O2. The minimum Gasteiger partial charge on any atom is -0.452 e. The number of hydrogen-bond donors (Lipinski definition) is 2. The third-order valence-corrected chi connectivity index (χ3v) is 5.43. The molecule has 0 unspecified atom stereocenters. The van der Waals surface area contributed by atoms with Crippen LogP contribution in [0.25, 0.3) is 0 Å². The van der Waals surface area contributed by atoms with E-state index in [1.54, 1.807) is 48.5 Å². The standard InChI is InChI=1S/C22H16ClFN4O3/c23-17-11-15-18(19(24)27-17)30-16-7-6-13(25)10-14(16)22(15)8-9-26-21(31-22)28-20(29)12-4-2-1-3-5-12/h1-7,10-11H,8-9,25H2,(H,26,28,29)/t22-/m0/s1. The Kier molecular flexibility index (Phi) is 4.51. The van der Waals surface area contributed by atoms with Gasteiger partial charge in [-0.2, -0.15) is 9.38 Å². The van der Waals surface area contributed by atoms with E-state index in [-0.39, 0.29) is 16.9 Å². The number of aliphatic imine (C=N–C) groups is 1. The van der Waals surface area contributed by atoms with Crippen molar-refractivity contribution in [1.29, 1.82) is 0 Å². The molecule has 3 heterocycles. The van der Waals surface area contributed by atoms with Crippen LogP contribution in [0, 0.1) is 5.95 Å². The fourth-order valence-electron chi connectivity index (χ4n) is 3.85. The molecule has 3 aromatic rings. The zero-order chi connectivity index (χ0) is 21.6. The Bertz CT molecular complexity index is 1230. The monoisotopic (exact) mass is 438 g/mol. The number of anilines is 1. The molecule has 3 N–H and O–H groups in total. The summed E-state index contributed by atoms with van der Waals surface area (Å²) in [4.78, 5) is 20.3. The largest absolute Gasteiger partial charge is 0.452 e. The molecule has 1 aromatic heterocycles. The maximum Gasteiger partial charge on any atom is 0.294 e. The summed E-state index contributed by atoms with van der Waals surface area (Å²) in [5.74, 6) is -1.04. The number of fused-ring (bicyclic) bond motifs is 4. The van der Waals surface area contributed by atoms with Crippen LogP contribution in [0.5, 0.6) is 11.5 Å². The van der Waals surface area contributed by atoms with Gasteiger partial charge in [0.15, 0.2) is 11.4 Å². The van der Waals surface area contributed by atoms with Gasteiger partial charge < -0.3 is 20.5 Å². The van der Waals surface area contributed by atoms with E-state index in [9.17, 15) is 9.18 Å². The second-order valence-corrected chi connectivity index (χ2v) is 7.55. The van der Waals surface area contributed by atoms with Crippen molar-refractivity contribution in [3.05, 3.63) is 82.4 Å². The zero-order valence-electron chi connectivity index (χ0n) is 16.1. The van der Waals surface area contributed by atoms with Gasteiger partial charge in [0.25, 0.3) is 17.9 Å². The Morgan fingerprint density at radius 2 is 2.00 bits per heavy atom. The highest BCUT2D eigenvalue weighted by atomic mass is 35.5. The number of rotatable bonds is 1. The molecule has 5 rings (SSSR count). The molecule has 0 saturated carbocycles. The number of hydrogen-bond acceptors (Lipinski definition) is 5. The summed E-state index contributed by atoms with van der Waals surface area (Å²) in [6, 6.07) is 15.1. The number of carbonyl (C=O) groups excluding carboxylic acids is 1. The molecule has 0 bridgehead atoms. The molecule has 2 aliphatic heterocycles. The molecular formula is C22H16ClFN4O3. The van der Waals surface area contributed by atoms with Crippen molar-refractivity contribution in [1.82, 2.24) is 10.3 Å². The molecule has 1 spiro atoms. The Morgan fingerprint density at radius 3 is 2.81 bits per heavy atom. The lowest BCUT2D eigenvalue weighted by Gasteiger charge is -2.42. The Hall–Kier alpha value is -3.65. The van der Waals surface area contributed by atoms with Crippen molar-refractivity contribution in [2.24, 2.45) is 4.99 Å². The van der Waals surface area contributed by atoms with Gasteiger partial charge in [-0.15, -0.1) is 0 Å². The molecule has 1 fully saturated rings. The van der Waals surface area contributed by atoms with E-state index in [1.165, 1.54) is 6.07 Å². The highest BCUT2D eigenvalue weighted by molar-refractivity contribution is 6.29. The molecular weight excluding hydrogens is 423 g/mol. The lowest BCUT2D eigenvalue weighted by atomic mass is 9.80. The minimum atomic E-state index is -1.22. The predicted molar refractivity (Wildman–Crippen MR) is 113 cm³/mol. The van der Waals surface area contributed by atoms with Gasteiger partial charge in [-0.1, -0.05) is 29.8 Å². The Balaban J connectivity index is 1.65. The highest BCUT2D eigenvalue weighted by Gasteiger charge is 2.48. The zero-order valence-corrected chi connectivity index (χ0v) is 16.8. The average Bonchev–Trinajstić information content (AvgIpc) is 2.76. The number of amides is 1. The first kappa shape index (κ1) is 19.3. The van der Waals surface area contributed by atoms with Crippen LogP contribution < -0.4 is 15.8 Å². The first-order chi connectivity index (χ1) is 15.0. The molecule has 2 aromatic carbocycles. The fourth-order valence-corrected chi connectivity index (χ4v) is 4.04. The number of halogens is 2. The van der Waals surface area contributed by atoms with Gasteiger partial charge in [0.2, 0.25) is 0 Å². The van der Waals surface area contributed by atoms with Crippen LogP contribution in [0.1, 0.15) is 27.9 Å². The van der Waals surface area contributed by atoms with Crippen molar-refractivity contribution in [3.8, 4) is 11.5 Å². The number of benzene rings is 2. The molecule has 0 radical (unpaired) electrons. The normalized spacial score (nSPS) is 20.3. The summed E-state index contributed by atoms with van der Waals surface area (Å²) in [5, 5.41) is 2.94. The second-order valence-electron chi connectivity index (χ2n) is 7.16. The highest BCUT2D eigenvalue weighted by Crippen LogP contribution is 2.52. The van der Waals surface area contributed by atoms with Crippen molar-refractivity contribution < 1.29 is 18.7 Å². The minimum absolute atomic E-state index is 0.00895. The van der Waals surface area contributed by atoms with Gasteiger partial charge >= 0.3 is 0 Å². The molecule has 2 aliphatic rings. The molecule has 1 saturated heterocycles. The molecule has 1 atom stereocenters. The molecule has 1 amide bonds. The summed E-state index contributed by atoms with van der Waals surface area (Å²) in [6.07, 6.45) is 0.387. The number of nitrogens with zero attached hydrogens (tertiary/aromatic N) is 2. The number of nitrogen functional groups attached to an aromatic ring is 1. The van der Waals surface area contributed by atoms with Crippen molar-refractivity contribution in [3.63, 3.8) is 0 Å². The first-order valence-corrected chi connectivity index (χ1v) is 9.89. The lowest BCUT2D eigenvalue weighted by Crippen LogP contribution is -2.48. The van der Waals surface area contributed by atoms with E-state index in [4.69, 9.17) is 26.8 Å². The van der Waals surface area contributed by atoms with Crippen LogP contribution in [-0.4, -0.2) is 23.5 Å². The molecule has 156 valence electrons. The summed E-state index contributed by atoms with van der Waals surface area (Å²) in [5.41, 5.74) is 6.63. The van der Waals surface area contributed by atoms with Crippen LogP contribution in [0.3, 0.4) is 0 Å². The molecule has 0 aliphatic carbocycles. The van der Waals surface area contributed by atoms with Gasteiger partial charge in [0, 0.05) is 29.8 Å². The number of nitrogens with two attached hydrogens (primary N) is 1. The third-order valence-electron chi connectivity index (χ3n) is 5.23. The van der Waals surface area contributed by atoms with E-state index in [0.29, 0.717) is 41.1 Å². The quantitative estimate of drug-likeness (QED) is 0.440. The third kappa shape index (κ3) is 3.25. The van der Waals surface area contributed by atoms with Gasteiger partial charge in [-0.25, -0.2) is 4.98 Å². The molecule has 31 heavy (non-hydrogen) atoms. The van der Waals surface area contributed by atoms with E-state index < -0.39 is 17.5 Å². The molecule has 9 heteroatoms. The van der Waals surface area contributed by atoms with Crippen LogP contribution in [0.2, 0.25) is 5.15 Å². The van der Waals surface area contributed by atoms with E-state index >= 15 is 0 Å². The number of amidine groups is 1. The molecule has 7 nitrogen and oxygen atoms in total. The van der Waals surface area contributed by atoms with Crippen LogP contribution in [0.15, 0.2) is 59.6 Å². The van der Waals surface area contributed by atoms with Gasteiger partial charge in [-0.3, -0.25) is 4.79 Å². The average molecular weight is 439 g/mol. The first-order valence-electron chi connectivity index (χ1n) is 9.51. The maximum atomic E-state index is 14.7.